The van der Waals surface area contributed by atoms with Gasteiger partial charge in [0.1, 0.15) is 0 Å². The average Bonchev–Trinajstić information content (AvgIpc) is 2.20. The zero-order chi connectivity index (χ0) is 11.7. The van der Waals surface area contributed by atoms with Crippen LogP contribution in [0.1, 0.15) is 5.56 Å². The van der Waals surface area contributed by atoms with Gasteiger partial charge >= 0.3 is 10.4 Å². The summed E-state index contributed by atoms with van der Waals surface area (Å²) in [5, 5.41) is 0. The van der Waals surface area contributed by atoms with Gasteiger partial charge in [0.05, 0.1) is 6.61 Å². The van der Waals surface area contributed by atoms with Crippen molar-refractivity contribution in [2.24, 2.45) is 11.7 Å². The molecule has 0 heterocycles. The molecule has 6 nitrogen and oxygen atoms in total. The molecule has 0 aliphatic carbocycles. The minimum absolute atomic E-state index is 0.0388. The van der Waals surface area contributed by atoms with Gasteiger partial charge in [0, 0.05) is 0 Å². The van der Waals surface area contributed by atoms with Crippen molar-refractivity contribution in [2.75, 3.05) is 6.61 Å². The predicted molar refractivity (Wildman–Crippen MR) is 56.0 cm³/mol. The van der Waals surface area contributed by atoms with Crippen molar-refractivity contribution in [1.29, 1.82) is 0 Å². The molecule has 0 saturated carbocycles. The van der Waals surface area contributed by atoms with E-state index in [4.69, 9.17) is 4.55 Å². The summed E-state index contributed by atoms with van der Waals surface area (Å²) in [6, 6.07) is 9.28. The van der Waals surface area contributed by atoms with Gasteiger partial charge in [-0.2, -0.15) is 8.42 Å². The highest BCUT2D eigenvalue weighted by molar-refractivity contribution is 7.80. The van der Waals surface area contributed by atoms with E-state index in [1.165, 1.54) is 0 Å². The molecule has 5 N–H and O–H groups in total. The van der Waals surface area contributed by atoms with Gasteiger partial charge in [0.2, 0.25) is 0 Å². The fourth-order valence-corrected chi connectivity index (χ4v) is 1.20. The average molecular weight is 234 g/mol. The SMILES string of the molecule is NN.O=S(=O)(O)OCCc1ccccc1. The number of hydrazine groups is 1. The number of hydrogen-bond acceptors (Lipinski definition) is 5. The minimum Gasteiger partial charge on any atom is -0.274 e. The van der Waals surface area contributed by atoms with Crippen molar-refractivity contribution in [3.63, 3.8) is 0 Å². The fraction of sp³-hybridized carbons (Fsp3) is 0.250. The maximum atomic E-state index is 10.2. The summed E-state index contributed by atoms with van der Waals surface area (Å²) in [4.78, 5) is 0. The maximum absolute atomic E-state index is 10.2. The van der Waals surface area contributed by atoms with Crippen LogP contribution in [0.25, 0.3) is 0 Å². The highest BCUT2D eigenvalue weighted by atomic mass is 32.3. The Morgan fingerprint density at radius 1 is 1.20 bits per heavy atom. The molecule has 0 atom stereocenters. The topological polar surface area (TPSA) is 116 Å². The lowest BCUT2D eigenvalue weighted by molar-refractivity contribution is 0.272. The zero-order valence-electron chi connectivity index (χ0n) is 8.04. The predicted octanol–water partition coefficient (Wildman–Crippen LogP) is -0.133. The lowest BCUT2D eigenvalue weighted by atomic mass is 10.2. The molecule has 86 valence electrons. The summed E-state index contributed by atoms with van der Waals surface area (Å²) < 4.78 is 32.7. The molecule has 1 rings (SSSR count). The standard InChI is InChI=1S/C8H10O4S.H4N2/c9-13(10,11)12-7-6-8-4-2-1-3-5-8;1-2/h1-5H,6-7H2,(H,9,10,11);1-2H2. The normalized spacial score (nSPS) is 10.3. The van der Waals surface area contributed by atoms with E-state index < -0.39 is 10.4 Å². The molecule has 0 radical (unpaired) electrons. The second-order valence-electron chi connectivity index (χ2n) is 2.49. The first-order chi connectivity index (χ1) is 7.08. The molecule has 0 aliphatic heterocycles. The van der Waals surface area contributed by atoms with Crippen molar-refractivity contribution in [3.8, 4) is 0 Å². The summed E-state index contributed by atoms with van der Waals surface area (Å²) in [6.07, 6.45) is 0.459. The molecule has 0 saturated heterocycles. The Kier molecular flexibility index (Phi) is 6.84. The van der Waals surface area contributed by atoms with E-state index in [2.05, 4.69) is 15.9 Å². The second-order valence-corrected chi connectivity index (χ2v) is 3.58. The number of benzene rings is 1. The molecule has 0 bridgehead atoms. The lowest BCUT2D eigenvalue weighted by Crippen LogP contribution is -2.06. The molecule has 1 aromatic rings. The van der Waals surface area contributed by atoms with Crippen LogP contribution in [-0.4, -0.2) is 19.6 Å². The van der Waals surface area contributed by atoms with Gasteiger partial charge < -0.3 is 0 Å². The Morgan fingerprint density at radius 2 is 1.73 bits per heavy atom. The molecule has 15 heavy (non-hydrogen) atoms. The third-order valence-corrected chi connectivity index (χ3v) is 1.93. The van der Waals surface area contributed by atoms with E-state index in [9.17, 15) is 8.42 Å². The van der Waals surface area contributed by atoms with Crippen molar-refractivity contribution in [1.82, 2.24) is 0 Å². The van der Waals surface area contributed by atoms with Gasteiger partial charge in [-0.15, -0.1) is 0 Å². The fourth-order valence-electron chi connectivity index (χ4n) is 0.910. The van der Waals surface area contributed by atoms with Gasteiger partial charge in [-0.25, -0.2) is 4.18 Å². The van der Waals surface area contributed by atoms with Crippen LogP contribution in [-0.2, 0) is 21.0 Å². The number of rotatable bonds is 4. The molecular formula is C8H14N2O4S. The van der Waals surface area contributed by atoms with Crippen molar-refractivity contribution < 1.29 is 17.2 Å². The van der Waals surface area contributed by atoms with E-state index in [0.29, 0.717) is 6.42 Å². The van der Waals surface area contributed by atoms with E-state index in [-0.39, 0.29) is 6.61 Å². The first kappa shape index (κ1) is 14.0. The highest BCUT2D eigenvalue weighted by Crippen LogP contribution is 2.00. The quantitative estimate of drug-likeness (QED) is 0.379. The Hall–Kier alpha value is -0.990. The van der Waals surface area contributed by atoms with Crippen LogP contribution in [0.15, 0.2) is 30.3 Å². The zero-order valence-corrected chi connectivity index (χ0v) is 8.85. The monoisotopic (exact) mass is 234 g/mol. The Balaban J connectivity index is 0.000000921. The van der Waals surface area contributed by atoms with E-state index >= 15 is 0 Å². The summed E-state index contributed by atoms with van der Waals surface area (Å²) >= 11 is 0. The van der Waals surface area contributed by atoms with Crippen LogP contribution in [0.4, 0.5) is 0 Å². The molecule has 0 aromatic heterocycles. The van der Waals surface area contributed by atoms with Crippen LogP contribution in [0, 0.1) is 0 Å². The summed E-state index contributed by atoms with van der Waals surface area (Å²) in [5.41, 5.74) is 0.964. The highest BCUT2D eigenvalue weighted by Gasteiger charge is 2.02. The van der Waals surface area contributed by atoms with Crippen LogP contribution < -0.4 is 11.7 Å². The van der Waals surface area contributed by atoms with Gasteiger partial charge in [0.15, 0.2) is 0 Å². The van der Waals surface area contributed by atoms with Gasteiger partial charge in [-0.3, -0.25) is 16.2 Å². The Morgan fingerprint density at radius 3 is 2.20 bits per heavy atom. The molecule has 0 fully saturated rings. The molecule has 0 spiro atoms. The van der Waals surface area contributed by atoms with E-state index in [1.807, 2.05) is 30.3 Å². The minimum atomic E-state index is -4.29. The maximum Gasteiger partial charge on any atom is 0.397 e. The lowest BCUT2D eigenvalue weighted by Gasteiger charge is -1.99. The summed E-state index contributed by atoms with van der Waals surface area (Å²) in [6.45, 7) is -0.0388. The third-order valence-electron chi connectivity index (χ3n) is 1.47. The first-order valence-electron chi connectivity index (χ1n) is 4.07. The van der Waals surface area contributed by atoms with Gasteiger partial charge in [0.25, 0.3) is 0 Å². The number of hydrogen-bond donors (Lipinski definition) is 3. The largest absolute Gasteiger partial charge is 0.397 e. The van der Waals surface area contributed by atoms with Crippen LogP contribution in [0.5, 0.6) is 0 Å². The molecule has 7 heteroatoms. The Labute approximate surface area is 88.8 Å². The third kappa shape index (κ3) is 8.03. The van der Waals surface area contributed by atoms with E-state index in [0.717, 1.165) is 5.56 Å². The van der Waals surface area contributed by atoms with Crippen LogP contribution in [0.3, 0.4) is 0 Å². The summed E-state index contributed by atoms with van der Waals surface area (Å²) in [7, 11) is -4.29. The van der Waals surface area contributed by atoms with Gasteiger partial charge in [-0.1, -0.05) is 30.3 Å². The van der Waals surface area contributed by atoms with Gasteiger partial charge in [-0.05, 0) is 12.0 Å². The first-order valence-corrected chi connectivity index (χ1v) is 5.43. The van der Waals surface area contributed by atoms with Crippen LogP contribution >= 0.6 is 0 Å². The number of nitrogens with two attached hydrogens (primary N) is 2. The van der Waals surface area contributed by atoms with Crippen molar-refractivity contribution >= 4 is 10.4 Å². The smallest absolute Gasteiger partial charge is 0.274 e. The molecule has 0 aliphatic rings. The molecular weight excluding hydrogens is 220 g/mol. The summed E-state index contributed by atoms with van der Waals surface area (Å²) in [5.74, 6) is 8.00. The molecule has 0 amide bonds. The van der Waals surface area contributed by atoms with Crippen molar-refractivity contribution in [3.05, 3.63) is 35.9 Å². The Bertz CT molecular complexity index is 352. The van der Waals surface area contributed by atoms with Crippen molar-refractivity contribution in [2.45, 2.75) is 6.42 Å². The molecule has 1 aromatic carbocycles. The van der Waals surface area contributed by atoms with E-state index in [1.54, 1.807) is 0 Å². The molecule has 0 unspecified atom stereocenters. The second kappa shape index (κ2) is 7.32. The van der Waals surface area contributed by atoms with Crippen LogP contribution in [0.2, 0.25) is 0 Å².